The molecule has 0 fully saturated rings. The van der Waals surface area contributed by atoms with Crippen molar-refractivity contribution in [1.82, 2.24) is 9.38 Å². The fourth-order valence-corrected chi connectivity index (χ4v) is 10.7. The van der Waals surface area contributed by atoms with Gasteiger partial charge in [0, 0.05) is 35.6 Å². The van der Waals surface area contributed by atoms with E-state index in [1.165, 1.54) is 89.7 Å². The topological polar surface area (TPSA) is 17.3 Å². The van der Waals surface area contributed by atoms with Crippen molar-refractivity contribution < 1.29 is 0 Å². The quantitative estimate of drug-likeness (QED) is 0.179. The molecule has 53 heavy (non-hydrogen) atoms. The van der Waals surface area contributed by atoms with Gasteiger partial charge in [0.1, 0.15) is 0 Å². The molecule has 4 heteroatoms. The van der Waals surface area contributed by atoms with E-state index in [0.717, 1.165) is 22.4 Å². The SMILES string of the molecule is c1ccc2cc3c(cc2c1)nc1c2sc4ccc5ccccc5c4c2cc(-c2ccc(-c4ccc(-c5ccc6c(c5)sc5ccccc56)cc4)cc2)n31. The van der Waals surface area contributed by atoms with Gasteiger partial charge < -0.3 is 0 Å². The third-order valence-corrected chi connectivity index (χ3v) is 13.3. The van der Waals surface area contributed by atoms with Crippen LogP contribution in [0.15, 0.2) is 170 Å². The number of pyridine rings is 1. The van der Waals surface area contributed by atoms with Gasteiger partial charge in [-0.05, 0) is 85.8 Å². The molecule has 4 heterocycles. The van der Waals surface area contributed by atoms with E-state index in [2.05, 4.69) is 174 Å². The normalized spacial score (nSPS) is 12.2. The molecule has 4 aromatic heterocycles. The number of imidazole rings is 1. The van der Waals surface area contributed by atoms with Crippen LogP contribution in [0.3, 0.4) is 0 Å². The summed E-state index contributed by atoms with van der Waals surface area (Å²) in [7, 11) is 0. The number of nitrogens with zero attached hydrogens (tertiary/aromatic N) is 2. The van der Waals surface area contributed by atoms with Gasteiger partial charge in [-0.25, -0.2) is 4.98 Å². The maximum absolute atomic E-state index is 5.35. The number of fused-ring (bicyclic) bond motifs is 13. The van der Waals surface area contributed by atoms with Gasteiger partial charge in [0.05, 0.1) is 21.4 Å². The lowest BCUT2D eigenvalue weighted by Crippen LogP contribution is -1.93. The van der Waals surface area contributed by atoms with Gasteiger partial charge >= 0.3 is 0 Å². The first kappa shape index (κ1) is 29.3. The van der Waals surface area contributed by atoms with Crippen LogP contribution in [0.25, 0.3) is 112 Å². The van der Waals surface area contributed by atoms with Crippen LogP contribution < -0.4 is 0 Å². The molecule has 0 bridgehead atoms. The van der Waals surface area contributed by atoms with E-state index in [4.69, 9.17) is 4.98 Å². The van der Waals surface area contributed by atoms with E-state index in [0.29, 0.717) is 0 Å². The van der Waals surface area contributed by atoms with Crippen molar-refractivity contribution >= 4 is 101 Å². The average molecular weight is 709 g/mol. The summed E-state index contributed by atoms with van der Waals surface area (Å²) in [4.78, 5) is 5.35. The third kappa shape index (κ3) is 4.40. The molecule has 8 aromatic carbocycles. The minimum atomic E-state index is 1.02. The summed E-state index contributed by atoms with van der Waals surface area (Å²) in [6.45, 7) is 0. The van der Waals surface area contributed by atoms with Crippen LogP contribution >= 0.6 is 22.7 Å². The molecule has 2 nitrogen and oxygen atoms in total. The van der Waals surface area contributed by atoms with Crippen molar-refractivity contribution in [2.45, 2.75) is 0 Å². The summed E-state index contributed by atoms with van der Waals surface area (Å²) >= 11 is 3.72. The number of benzene rings is 8. The van der Waals surface area contributed by atoms with Crippen molar-refractivity contribution in [3.63, 3.8) is 0 Å². The van der Waals surface area contributed by atoms with E-state index < -0.39 is 0 Å². The Labute approximate surface area is 312 Å². The lowest BCUT2D eigenvalue weighted by atomic mass is 9.98. The van der Waals surface area contributed by atoms with Crippen LogP contribution in [0.5, 0.6) is 0 Å². The largest absolute Gasteiger partial charge is 0.291 e. The smallest absolute Gasteiger partial charge is 0.156 e. The first-order valence-corrected chi connectivity index (χ1v) is 19.6. The van der Waals surface area contributed by atoms with E-state index in [1.54, 1.807) is 0 Å². The Hall–Kier alpha value is -6.33. The second-order valence-electron chi connectivity index (χ2n) is 14.0. The minimum Gasteiger partial charge on any atom is -0.291 e. The molecule has 0 saturated carbocycles. The van der Waals surface area contributed by atoms with Gasteiger partial charge in [-0.15, -0.1) is 22.7 Å². The van der Waals surface area contributed by atoms with Crippen LogP contribution in [0.4, 0.5) is 0 Å². The van der Waals surface area contributed by atoms with Gasteiger partial charge in [-0.3, -0.25) is 4.40 Å². The minimum absolute atomic E-state index is 1.02. The number of hydrogen-bond acceptors (Lipinski definition) is 3. The van der Waals surface area contributed by atoms with Crippen molar-refractivity contribution in [1.29, 1.82) is 0 Å². The highest BCUT2D eigenvalue weighted by molar-refractivity contribution is 7.26. The highest BCUT2D eigenvalue weighted by Gasteiger charge is 2.19. The Kier molecular flexibility index (Phi) is 6.12. The van der Waals surface area contributed by atoms with Crippen LogP contribution in [0.2, 0.25) is 0 Å². The number of rotatable bonds is 3. The standard InChI is InChI=1S/C49H28N2S2/c1-2-9-35-26-43-41(25-34(35)8-1)50-49-48-40(47-37-10-4-3-7-32(37)22-24-45(47)53-48)28-42(51(43)49)33-19-17-30(18-20-33)29-13-15-31(16-14-29)36-21-23-39-38-11-5-6-12-44(38)52-46(39)27-36/h1-28H. The van der Waals surface area contributed by atoms with Gasteiger partial charge in [-0.2, -0.15) is 0 Å². The molecule has 0 N–H and O–H groups in total. The second kappa shape index (κ2) is 11.1. The highest BCUT2D eigenvalue weighted by atomic mass is 32.1. The van der Waals surface area contributed by atoms with Crippen LogP contribution in [0.1, 0.15) is 0 Å². The summed E-state index contributed by atoms with van der Waals surface area (Å²) in [5.41, 5.74) is 10.4. The van der Waals surface area contributed by atoms with E-state index in [-0.39, 0.29) is 0 Å². The van der Waals surface area contributed by atoms with Gasteiger partial charge in [0.2, 0.25) is 0 Å². The Morgan fingerprint density at radius 3 is 1.81 bits per heavy atom. The Morgan fingerprint density at radius 2 is 1.02 bits per heavy atom. The Morgan fingerprint density at radius 1 is 0.396 bits per heavy atom. The third-order valence-electron chi connectivity index (χ3n) is 11.0. The van der Waals surface area contributed by atoms with Crippen molar-refractivity contribution in [2.75, 3.05) is 0 Å². The lowest BCUT2D eigenvalue weighted by Gasteiger charge is -2.11. The lowest BCUT2D eigenvalue weighted by molar-refractivity contribution is 1.25. The van der Waals surface area contributed by atoms with Crippen molar-refractivity contribution in [3.8, 4) is 33.5 Å². The molecule has 0 aliphatic rings. The molecule has 0 radical (unpaired) electrons. The Balaban J connectivity index is 0.997. The summed E-state index contributed by atoms with van der Waals surface area (Å²) in [5.74, 6) is 0. The molecule has 0 aliphatic carbocycles. The molecule has 12 aromatic rings. The molecule has 0 saturated heterocycles. The maximum atomic E-state index is 5.35. The highest BCUT2D eigenvalue weighted by Crippen LogP contribution is 2.44. The summed E-state index contributed by atoms with van der Waals surface area (Å²) in [6.07, 6.45) is 0. The first-order chi connectivity index (χ1) is 26.2. The Bertz CT molecular complexity index is 3440. The molecular formula is C49H28N2S2. The molecule has 12 rings (SSSR count). The van der Waals surface area contributed by atoms with Gasteiger partial charge in [0.15, 0.2) is 5.65 Å². The zero-order valence-corrected chi connectivity index (χ0v) is 30.0. The van der Waals surface area contributed by atoms with Gasteiger partial charge in [0.25, 0.3) is 0 Å². The summed E-state index contributed by atoms with van der Waals surface area (Å²) in [5, 5.41) is 10.2. The van der Waals surface area contributed by atoms with Crippen molar-refractivity contribution in [2.24, 2.45) is 0 Å². The zero-order chi connectivity index (χ0) is 34.6. The molecule has 246 valence electrons. The molecule has 0 spiro atoms. The van der Waals surface area contributed by atoms with E-state index in [1.807, 2.05) is 22.7 Å². The van der Waals surface area contributed by atoms with Gasteiger partial charge in [-0.1, -0.05) is 133 Å². The predicted molar refractivity (Wildman–Crippen MR) is 230 cm³/mol. The molecule has 0 atom stereocenters. The molecule has 0 aliphatic heterocycles. The molecular weight excluding hydrogens is 681 g/mol. The molecule has 0 unspecified atom stereocenters. The number of aromatic nitrogens is 2. The van der Waals surface area contributed by atoms with E-state index in [9.17, 15) is 0 Å². The summed E-state index contributed by atoms with van der Waals surface area (Å²) in [6, 6.07) is 62.4. The maximum Gasteiger partial charge on any atom is 0.156 e. The first-order valence-electron chi connectivity index (χ1n) is 17.9. The fraction of sp³-hybridized carbons (Fsp3) is 0. The van der Waals surface area contributed by atoms with Crippen molar-refractivity contribution in [3.05, 3.63) is 170 Å². The van der Waals surface area contributed by atoms with Crippen LogP contribution in [0, 0.1) is 0 Å². The molecule has 0 amide bonds. The van der Waals surface area contributed by atoms with Crippen LogP contribution in [-0.4, -0.2) is 9.38 Å². The summed E-state index contributed by atoms with van der Waals surface area (Å²) < 4.78 is 7.57. The predicted octanol–water partition coefficient (Wildman–Crippen LogP) is 14.5. The fourth-order valence-electron chi connectivity index (χ4n) is 8.36. The monoisotopic (exact) mass is 708 g/mol. The second-order valence-corrected chi connectivity index (χ2v) is 16.1. The average Bonchev–Trinajstić information content (AvgIpc) is 3.91. The van der Waals surface area contributed by atoms with Crippen LogP contribution in [-0.2, 0) is 0 Å². The number of hydrogen-bond donors (Lipinski definition) is 0. The number of thiophene rings is 2. The van der Waals surface area contributed by atoms with E-state index >= 15 is 0 Å². The zero-order valence-electron chi connectivity index (χ0n) is 28.4.